The Morgan fingerprint density at radius 1 is 1.20 bits per heavy atom. The molecule has 2 unspecified atom stereocenters. The fourth-order valence-corrected chi connectivity index (χ4v) is 0.842. The van der Waals surface area contributed by atoms with E-state index in [1.807, 2.05) is 0 Å². The molecule has 2 nitrogen and oxygen atoms in total. The van der Waals surface area contributed by atoms with E-state index in [-0.39, 0.29) is 31.0 Å². The maximum atomic E-state index is 7.96. The molecule has 0 radical (unpaired) electrons. The molecule has 0 bridgehead atoms. The summed E-state index contributed by atoms with van der Waals surface area (Å²) in [6.07, 6.45) is 0. The van der Waals surface area contributed by atoms with Crippen LogP contribution in [-0.2, 0) is 17.0 Å². The average Bonchev–Trinajstić information content (AvgIpc) is 1.41. The molecule has 2 N–H and O–H groups in total. The third-order valence-electron chi connectivity index (χ3n) is 0.0707. The van der Waals surface area contributed by atoms with Crippen LogP contribution < -0.4 is 0 Å². The SMILES string of the molecule is O[PH][Pd][PH]O. The van der Waals surface area contributed by atoms with E-state index >= 15 is 0 Å². The van der Waals surface area contributed by atoms with Crippen molar-refractivity contribution in [1.29, 1.82) is 0 Å². The molecule has 2 atom stereocenters. The van der Waals surface area contributed by atoms with Crippen LogP contribution in [0.2, 0.25) is 0 Å². The van der Waals surface area contributed by atoms with Gasteiger partial charge in [0.15, 0.2) is 0 Å². The Kier molecular flexibility index (Phi) is 7.01. The van der Waals surface area contributed by atoms with Gasteiger partial charge in [-0.3, -0.25) is 0 Å². The molecule has 0 amide bonds. The Bertz CT molecular complexity index is 15.1. The summed E-state index contributed by atoms with van der Waals surface area (Å²) in [5.74, 6) is 0. The van der Waals surface area contributed by atoms with Crippen molar-refractivity contribution in [3.8, 4) is 0 Å². The van der Waals surface area contributed by atoms with Gasteiger partial charge in [-0.1, -0.05) is 0 Å². The van der Waals surface area contributed by atoms with Gasteiger partial charge in [0.1, 0.15) is 0 Å². The molecule has 0 spiro atoms. The summed E-state index contributed by atoms with van der Waals surface area (Å²) >= 11 is 0.211. The predicted octanol–water partition coefficient (Wildman–Crippen LogP) is 0.0705. The number of rotatable bonds is 2. The summed E-state index contributed by atoms with van der Waals surface area (Å²) in [5, 5.41) is 0. The van der Waals surface area contributed by atoms with Gasteiger partial charge in [0.25, 0.3) is 0 Å². The van der Waals surface area contributed by atoms with Crippen molar-refractivity contribution < 1.29 is 26.8 Å². The molecule has 0 rings (SSSR count). The molecule has 0 aliphatic rings. The number of hydrogen-bond donors (Lipinski definition) is 2. The molecule has 0 heterocycles. The standard InChI is InChI=1S/2H2OP.Pd/c2*1-2;/h2*1-2H;/q2*-1;+2. The number of hydrogen-bond acceptors (Lipinski definition) is 2. The van der Waals surface area contributed by atoms with Gasteiger partial charge in [0, 0.05) is 0 Å². The van der Waals surface area contributed by atoms with E-state index in [0.717, 1.165) is 0 Å². The van der Waals surface area contributed by atoms with Crippen molar-refractivity contribution in [2.45, 2.75) is 0 Å². The molecule has 0 saturated heterocycles. The maximum absolute atomic E-state index is 7.96. The zero-order valence-electron chi connectivity index (χ0n) is 2.21. The fraction of sp³-hybridized carbons (Fsp3) is 0. The molecule has 0 aromatic carbocycles. The molecule has 36 valence electrons. The zero-order chi connectivity index (χ0) is 4.12. The van der Waals surface area contributed by atoms with Crippen LogP contribution in [0.15, 0.2) is 0 Å². The molecule has 0 aliphatic carbocycles. The van der Waals surface area contributed by atoms with E-state index in [2.05, 4.69) is 0 Å². The Balaban J connectivity index is 2.19. The van der Waals surface area contributed by atoms with Crippen LogP contribution in [0.25, 0.3) is 0 Å². The first-order valence-electron chi connectivity index (χ1n) is 0.763. The van der Waals surface area contributed by atoms with Crippen molar-refractivity contribution >= 4 is 14.0 Å². The van der Waals surface area contributed by atoms with Gasteiger partial charge < -0.3 is 0 Å². The minimum absolute atomic E-state index is 0.0299. The Hall–Kier alpha value is 1.44. The summed E-state index contributed by atoms with van der Waals surface area (Å²) in [7, 11) is 0. The summed E-state index contributed by atoms with van der Waals surface area (Å²) < 4.78 is 0. The topological polar surface area (TPSA) is 40.5 Å². The summed E-state index contributed by atoms with van der Waals surface area (Å²) in [4.78, 5) is 15.9. The Labute approximate surface area is 41.2 Å². The quantitative estimate of drug-likeness (QED) is 0.494. The van der Waals surface area contributed by atoms with Crippen LogP contribution in [0.4, 0.5) is 0 Å². The Morgan fingerprint density at radius 3 is 1.60 bits per heavy atom. The van der Waals surface area contributed by atoms with E-state index in [9.17, 15) is 0 Å². The molecular formula is H4O2P2Pd. The molecule has 5 heteroatoms. The van der Waals surface area contributed by atoms with Crippen molar-refractivity contribution in [2.75, 3.05) is 0 Å². The second kappa shape index (κ2) is 5.44. The summed E-state index contributed by atoms with van der Waals surface area (Å²) in [6.45, 7) is -0.0597. The fourth-order valence-electron chi connectivity index (χ4n) is 0.0158. The van der Waals surface area contributed by atoms with Crippen molar-refractivity contribution in [2.24, 2.45) is 0 Å². The second-order valence-corrected chi connectivity index (χ2v) is 6.72. The Morgan fingerprint density at radius 2 is 1.60 bits per heavy atom. The molecule has 5 heavy (non-hydrogen) atoms. The third-order valence-corrected chi connectivity index (χ3v) is 3.76. The van der Waals surface area contributed by atoms with Crippen molar-refractivity contribution in [3.05, 3.63) is 0 Å². The van der Waals surface area contributed by atoms with Crippen LogP contribution in [-0.4, -0.2) is 9.79 Å². The molecule has 0 aromatic rings. The van der Waals surface area contributed by atoms with Crippen molar-refractivity contribution in [3.63, 3.8) is 0 Å². The van der Waals surface area contributed by atoms with Crippen molar-refractivity contribution in [1.82, 2.24) is 0 Å². The van der Waals surface area contributed by atoms with Crippen LogP contribution in [0.3, 0.4) is 0 Å². The molecule has 0 saturated carbocycles. The van der Waals surface area contributed by atoms with Gasteiger partial charge in [-0.25, -0.2) is 0 Å². The van der Waals surface area contributed by atoms with Gasteiger partial charge in [-0.05, 0) is 0 Å². The first kappa shape index (κ1) is 6.44. The predicted molar refractivity (Wildman–Crippen MR) is 21.1 cm³/mol. The average molecular weight is 204 g/mol. The molecule has 0 aliphatic heterocycles. The summed E-state index contributed by atoms with van der Waals surface area (Å²) in [5.41, 5.74) is 0. The minimum atomic E-state index is -0.0299. The van der Waals surface area contributed by atoms with Gasteiger partial charge >= 0.3 is 40.8 Å². The van der Waals surface area contributed by atoms with Crippen LogP contribution in [0, 0.1) is 0 Å². The first-order chi connectivity index (χ1) is 2.41. The summed E-state index contributed by atoms with van der Waals surface area (Å²) in [6, 6.07) is 0. The first-order valence-corrected chi connectivity index (χ1v) is 6.95. The van der Waals surface area contributed by atoms with E-state index in [4.69, 9.17) is 9.79 Å². The monoisotopic (exact) mass is 204 g/mol. The second-order valence-electron chi connectivity index (χ2n) is 0.220. The molecule has 0 aromatic heterocycles. The zero-order valence-corrected chi connectivity index (χ0v) is 5.77. The normalized spacial score (nSPS) is 14.0. The van der Waals surface area contributed by atoms with Gasteiger partial charge in [0.2, 0.25) is 0 Å². The van der Waals surface area contributed by atoms with Gasteiger partial charge in [-0.15, -0.1) is 0 Å². The van der Waals surface area contributed by atoms with E-state index < -0.39 is 0 Å². The van der Waals surface area contributed by atoms with E-state index in [1.165, 1.54) is 0 Å². The van der Waals surface area contributed by atoms with E-state index in [1.54, 1.807) is 0 Å². The van der Waals surface area contributed by atoms with Gasteiger partial charge in [-0.2, -0.15) is 0 Å². The molecule has 0 fully saturated rings. The van der Waals surface area contributed by atoms with Crippen LogP contribution >= 0.6 is 14.0 Å². The van der Waals surface area contributed by atoms with Crippen LogP contribution in [0.1, 0.15) is 0 Å². The van der Waals surface area contributed by atoms with Gasteiger partial charge in [0.05, 0.1) is 0 Å². The third kappa shape index (κ3) is 5.44. The molecular weight excluding hydrogens is 200 g/mol. The van der Waals surface area contributed by atoms with Crippen LogP contribution in [0.5, 0.6) is 0 Å². The van der Waals surface area contributed by atoms with E-state index in [0.29, 0.717) is 0 Å².